The van der Waals surface area contributed by atoms with Crippen LogP contribution in [0.5, 0.6) is 0 Å². The zero-order valence-electron chi connectivity index (χ0n) is 14.3. The monoisotopic (exact) mass is 374 g/mol. The number of benzene rings is 1. The van der Waals surface area contributed by atoms with Crippen LogP contribution in [0.15, 0.2) is 40.6 Å². The van der Waals surface area contributed by atoms with E-state index in [-0.39, 0.29) is 11.6 Å². The van der Waals surface area contributed by atoms with Gasteiger partial charge in [-0.25, -0.2) is 4.79 Å². The standard InChI is InChI=1S/C19H22N2O2S2/c1-24-15-4-2-3-14(13-15)20-18(22)21-9-7-19(8-10-21)16-6-12-25-17(16)5-11-23-19/h2-4,6,12-13H,5,7-11H2,1H3,(H,20,22). The van der Waals surface area contributed by atoms with Crippen LogP contribution in [0.25, 0.3) is 0 Å². The highest BCUT2D eigenvalue weighted by molar-refractivity contribution is 7.98. The van der Waals surface area contributed by atoms with Crippen LogP contribution >= 0.6 is 23.1 Å². The van der Waals surface area contributed by atoms with E-state index in [1.807, 2.05) is 46.8 Å². The molecule has 25 heavy (non-hydrogen) atoms. The van der Waals surface area contributed by atoms with Gasteiger partial charge < -0.3 is 15.0 Å². The van der Waals surface area contributed by atoms with Crippen molar-refractivity contribution in [3.8, 4) is 0 Å². The number of nitrogens with zero attached hydrogens (tertiary/aromatic N) is 1. The second-order valence-electron chi connectivity index (χ2n) is 6.50. The Kier molecular flexibility index (Phi) is 4.75. The Hall–Kier alpha value is -1.50. The highest BCUT2D eigenvalue weighted by atomic mass is 32.2. The molecule has 3 heterocycles. The van der Waals surface area contributed by atoms with Crippen molar-refractivity contribution < 1.29 is 9.53 Å². The van der Waals surface area contributed by atoms with Crippen molar-refractivity contribution in [1.29, 1.82) is 0 Å². The lowest BCUT2D eigenvalue weighted by molar-refractivity contribution is -0.0912. The third kappa shape index (κ3) is 3.30. The van der Waals surface area contributed by atoms with Crippen molar-refractivity contribution in [2.24, 2.45) is 0 Å². The minimum absolute atomic E-state index is 0.0190. The zero-order valence-corrected chi connectivity index (χ0v) is 15.9. The first-order chi connectivity index (χ1) is 12.2. The van der Waals surface area contributed by atoms with Crippen molar-refractivity contribution >= 4 is 34.8 Å². The van der Waals surface area contributed by atoms with Crippen LogP contribution in [0.3, 0.4) is 0 Å². The van der Waals surface area contributed by atoms with Crippen molar-refractivity contribution in [3.63, 3.8) is 0 Å². The molecule has 0 saturated carbocycles. The maximum Gasteiger partial charge on any atom is 0.321 e. The minimum atomic E-state index is -0.177. The molecule has 0 aliphatic carbocycles. The number of urea groups is 1. The smallest absolute Gasteiger partial charge is 0.321 e. The van der Waals surface area contributed by atoms with Gasteiger partial charge in [-0.1, -0.05) is 6.07 Å². The topological polar surface area (TPSA) is 41.6 Å². The molecule has 6 heteroatoms. The molecular weight excluding hydrogens is 352 g/mol. The lowest BCUT2D eigenvalue weighted by Gasteiger charge is -2.44. The summed E-state index contributed by atoms with van der Waals surface area (Å²) in [5, 5.41) is 5.19. The predicted molar refractivity (Wildman–Crippen MR) is 104 cm³/mol. The molecule has 2 aliphatic heterocycles. The zero-order chi connectivity index (χ0) is 17.3. The number of piperidine rings is 1. The van der Waals surface area contributed by atoms with Gasteiger partial charge in [0.25, 0.3) is 0 Å². The molecule has 1 aromatic heterocycles. The van der Waals surface area contributed by atoms with Crippen molar-refractivity contribution in [2.45, 2.75) is 29.8 Å². The fourth-order valence-electron chi connectivity index (χ4n) is 3.75. The van der Waals surface area contributed by atoms with Gasteiger partial charge in [0.15, 0.2) is 0 Å². The number of thiophene rings is 1. The molecule has 1 saturated heterocycles. The van der Waals surface area contributed by atoms with E-state index in [1.165, 1.54) is 10.4 Å². The lowest BCUT2D eigenvalue weighted by Crippen LogP contribution is -2.49. The summed E-state index contributed by atoms with van der Waals surface area (Å²) >= 11 is 3.50. The van der Waals surface area contributed by atoms with Gasteiger partial charge in [0.2, 0.25) is 0 Å². The van der Waals surface area contributed by atoms with Crippen molar-refractivity contribution in [3.05, 3.63) is 46.2 Å². The van der Waals surface area contributed by atoms with Crippen LogP contribution < -0.4 is 5.32 Å². The summed E-state index contributed by atoms with van der Waals surface area (Å²) in [6.45, 7) is 2.24. The largest absolute Gasteiger partial charge is 0.370 e. The lowest BCUT2D eigenvalue weighted by atomic mass is 9.82. The van der Waals surface area contributed by atoms with Crippen LogP contribution in [-0.4, -0.2) is 36.9 Å². The normalized spacial score (nSPS) is 18.8. The molecule has 1 N–H and O–H groups in total. The van der Waals surface area contributed by atoms with Gasteiger partial charge in [-0.15, -0.1) is 23.1 Å². The van der Waals surface area contributed by atoms with Crippen molar-refractivity contribution in [1.82, 2.24) is 4.90 Å². The summed E-state index contributed by atoms with van der Waals surface area (Å²) in [6.07, 6.45) is 4.79. The first-order valence-corrected chi connectivity index (χ1v) is 10.7. The summed E-state index contributed by atoms with van der Waals surface area (Å²) in [5.41, 5.74) is 2.03. The van der Waals surface area contributed by atoms with Gasteiger partial charge in [0, 0.05) is 35.0 Å². The number of hydrogen-bond donors (Lipinski definition) is 1. The summed E-state index contributed by atoms with van der Waals surface area (Å²) in [7, 11) is 0. The molecule has 1 aromatic carbocycles. The van der Waals surface area contributed by atoms with Crippen LogP contribution in [0, 0.1) is 0 Å². The number of anilines is 1. The number of hydrogen-bond acceptors (Lipinski definition) is 4. The number of amides is 2. The quantitative estimate of drug-likeness (QED) is 0.783. The van der Waals surface area contributed by atoms with Gasteiger partial charge in [-0.05, 0) is 54.3 Å². The average Bonchev–Trinajstić information content (AvgIpc) is 3.13. The summed E-state index contributed by atoms with van der Waals surface area (Å²) in [6, 6.07) is 10.2. The van der Waals surface area contributed by atoms with E-state index in [0.717, 1.165) is 49.5 Å². The Bertz CT molecular complexity index is 766. The molecule has 4 nitrogen and oxygen atoms in total. The Morgan fingerprint density at radius 3 is 2.96 bits per heavy atom. The van der Waals surface area contributed by atoms with Crippen LogP contribution in [0.2, 0.25) is 0 Å². The van der Waals surface area contributed by atoms with Gasteiger partial charge >= 0.3 is 6.03 Å². The molecule has 0 bridgehead atoms. The fraction of sp³-hybridized carbons (Fsp3) is 0.421. The number of nitrogens with one attached hydrogen (secondary N) is 1. The van der Waals surface area contributed by atoms with E-state index in [0.29, 0.717) is 0 Å². The SMILES string of the molecule is CSc1cccc(NC(=O)N2CCC3(CC2)OCCc2sccc23)c1. The maximum atomic E-state index is 12.6. The number of carbonyl (C=O) groups is 1. The molecule has 0 atom stereocenters. The second kappa shape index (κ2) is 7.02. The van der Waals surface area contributed by atoms with Crippen LogP contribution in [0.4, 0.5) is 10.5 Å². The predicted octanol–water partition coefficient (Wildman–Crippen LogP) is 4.57. The summed E-state index contributed by atoms with van der Waals surface area (Å²) < 4.78 is 6.21. The molecule has 1 spiro atoms. The third-order valence-electron chi connectivity index (χ3n) is 5.12. The Morgan fingerprint density at radius 1 is 1.32 bits per heavy atom. The molecule has 2 aromatic rings. The van der Waals surface area contributed by atoms with Crippen molar-refractivity contribution in [2.75, 3.05) is 31.3 Å². The Balaban J connectivity index is 1.41. The number of likely N-dealkylation sites (tertiary alicyclic amines) is 1. The van der Waals surface area contributed by atoms with Crippen LogP contribution in [-0.2, 0) is 16.8 Å². The fourth-order valence-corrected chi connectivity index (χ4v) is 5.16. The molecular formula is C19H22N2O2S2. The van der Waals surface area contributed by atoms with E-state index in [1.54, 1.807) is 11.8 Å². The summed E-state index contributed by atoms with van der Waals surface area (Å²) in [4.78, 5) is 17.1. The Morgan fingerprint density at radius 2 is 2.16 bits per heavy atom. The van der Waals surface area contributed by atoms with Gasteiger partial charge in [-0.3, -0.25) is 0 Å². The van der Waals surface area contributed by atoms with E-state index >= 15 is 0 Å². The molecule has 1 fully saturated rings. The van der Waals surface area contributed by atoms with Gasteiger partial charge in [0.1, 0.15) is 0 Å². The van der Waals surface area contributed by atoms with E-state index in [2.05, 4.69) is 16.8 Å². The molecule has 0 radical (unpaired) electrons. The highest BCUT2D eigenvalue weighted by Gasteiger charge is 2.42. The molecule has 132 valence electrons. The maximum absolute atomic E-state index is 12.6. The second-order valence-corrected chi connectivity index (χ2v) is 8.38. The van der Waals surface area contributed by atoms with Gasteiger partial charge in [0.05, 0.1) is 12.2 Å². The van der Waals surface area contributed by atoms with Gasteiger partial charge in [-0.2, -0.15) is 0 Å². The minimum Gasteiger partial charge on any atom is -0.370 e. The first kappa shape index (κ1) is 16.9. The summed E-state index contributed by atoms with van der Waals surface area (Å²) in [5.74, 6) is 0. The number of rotatable bonds is 2. The first-order valence-electron chi connectivity index (χ1n) is 8.61. The van der Waals surface area contributed by atoms with Crippen LogP contribution in [0.1, 0.15) is 23.3 Å². The third-order valence-corrected chi connectivity index (χ3v) is 6.83. The Labute approximate surface area is 156 Å². The molecule has 2 aliphatic rings. The number of thioether (sulfide) groups is 1. The number of fused-ring (bicyclic) bond motifs is 2. The molecule has 4 rings (SSSR count). The average molecular weight is 375 g/mol. The molecule has 0 unspecified atom stereocenters. The van der Waals surface area contributed by atoms with E-state index < -0.39 is 0 Å². The number of carbonyl (C=O) groups excluding carboxylic acids is 1. The number of ether oxygens (including phenoxy) is 1. The van der Waals surface area contributed by atoms with E-state index in [4.69, 9.17) is 4.74 Å². The molecule has 2 amide bonds. The van der Waals surface area contributed by atoms with E-state index in [9.17, 15) is 4.79 Å². The highest BCUT2D eigenvalue weighted by Crippen LogP contribution is 2.43.